The molecule has 1 saturated carbocycles. The molecule has 0 bridgehead atoms. The van der Waals surface area contributed by atoms with Gasteiger partial charge in [0.25, 0.3) is 5.92 Å². The quantitative estimate of drug-likeness (QED) is 0.344. The van der Waals surface area contributed by atoms with Gasteiger partial charge in [0.2, 0.25) is 0 Å². The monoisotopic (exact) mass is 149 g/mol. The molecule has 1 rings (SSSR count). The highest BCUT2D eigenvalue weighted by Gasteiger charge is 2.74. The summed E-state index contributed by atoms with van der Waals surface area (Å²) in [5.41, 5.74) is -1.03. The van der Waals surface area contributed by atoms with E-state index in [1.54, 1.807) is 0 Å². The fourth-order valence-corrected chi connectivity index (χ4v) is 1.04. The Bertz CT molecular complexity index is 163. The Morgan fingerprint density at radius 1 is 1.50 bits per heavy atom. The van der Waals surface area contributed by atoms with Crippen LogP contribution in [0.4, 0.5) is 8.78 Å². The van der Waals surface area contributed by atoms with Crippen molar-refractivity contribution in [3.8, 4) is 0 Å². The molecule has 1 N–H and O–H groups in total. The Kier molecular flexibility index (Phi) is 1.25. The molecule has 2 nitrogen and oxygen atoms in total. The van der Waals surface area contributed by atoms with Gasteiger partial charge in [-0.15, -0.1) is 5.16 Å². The molecule has 58 valence electrons. The summed E-state index contributed by atoms with van der Waals surface area (Å²) in [5, 5.41) is 10.6. The van der Waals surface area contributed by atoms with Gasteiger partial charge in [0.15, 0.2) is 0 Å². The van der Waals surface area contributed by atoms with E-state index < -0.39 is 17.3 Å². The van der Waals surface area contributed by atoms with Crippen LogP contribution >= 0.6 is 0 Å². The van der Waals surface area contributed by atoms with Crippen molar-refractivity contribution in [2.75, 3.05) is 0 Å². The number of alkyl halides is 2. The van der Waals surface area contributed by atoms with Crippen molar-refractivity contribution in [1.29, 1.82) is 0 Å². The molecule has 0 aliphatic heterocycles. The fourth-order valence-electron chi connectivity index (χ4n) is 1.04. The van der Waals surface area contributed by atoms with Gasteiger partial charge >= 0.3 is 0 Å². The fraction of sp³-hybridized carbons (Fsp3) is 0.833. The van der Waals surface area contributed by atoms with Crippen LogP contribution in [0.2, 0.25) is 0 Å². The smallest absolute Gasteiger partial charge is 0.262 e. The van der Waals surface area contributed by atoms with E-state index in [1.807, 2.05) is 0 Å². The summed E-state index contributed by atoms with van der Waals surface area (Å²) >= 11 is 0. The first kappa shape index (κ1) is 7.44. The Labute approximate surface area is 57.5 Å². The zero-order chi connectivity index (χ0) is 7.99. The molecule has 1 atom stereocenters. The zero-order valence-electron chi connectivity index (χ0n) is 5.81. The lowest BCUT2D eigenvalue weighted by Crippen LogP contribution is -1.99. The number of rotatable bonds is 1. The van der Waals surface area contributed by atoms with E-state index in [4.69, 9.17) is 5.21 Å². The second-order valence-corrected chi connectivity index (χ2v) is 3.09. The van der Waals surface area contributed by atoms with Gasteiger partial charge in [-0.3, -0.25) is 0 Å². The van der Waals surface area contributed by atoms with Crippen molar-refractivity contribution in [2.24, 2.45) is 16.5 Å². The van der Waals surface area contributed by atoms with Crippen LogP contribution in [-0.2, 0) is 0 Å². The number of halogens is 2. The third kappa shape index (κ3) is 0.646. The van der Waals surface area contributed by atoms with Crippen molar-refractivity contribution in [2.45, 2.75) is 19.8 Å². The van der Waals surface area contributed by atoms with Gasteiger partial charge in [-0.1, -0.05) is 13.8 Å². The van der Waals surface area contributed by atoms with Crippen molar-refractivity contribution in [3.05, 3.63) is 0 Å². The van der Waals surface area contributed by atoms with Crippen LogP contribution in [-0.4, -0.2) is 17.3 Å². The van der Waals surface area contributed by atoms with Crippen LogP contribution < -0.4 is 0 Å². The van der Waals surface area contributed by atoms with E-state index >= 15 is 0 Å². The van der Waals surface area contributed by atoms with Crippen LogP contribution in [0.3, 0.4) is 0 Å². The van der Waals surface area contributed by atoms with E-state index in [2.05, 4.69) is 5.16 Å². The first-order valence-corrected chi connectivity index (χ1v) is 3.00. The lowest BCUT2D eigenvalue weighted by molar-refractivity contribution is 0.0719. The molecule has 4 heteroatoms. The highest BCUT2D eigenvalue weighted by molar-refractivity contribution is 5.68. The minimum Gasteiger partial charge on any atom is -0.411 e. The number of oxime groups is 1. The Hall–Kier alpha value is -0.670. The summed E-state index contributed by atoms with van der Waals surface area (Å²) in [6.45, 7) is 2.89. The molecule has 0 heterocycles. The van der Waals surface area contributed by atoms with Gasteiger partial charge in [-0.05, 0) is 0 Å². The van der Waals surface area contributed by atoms with E-state index in [9.17, 15) is 8.78 Å². The van der Waals surface area contributed by atoms with Crippen LogP contribution in [0.25, 0.3) is 0 Å². The molecule has 1 aliphatic rings. The Balaban J connectivity index is 2.71. The summed E-state index contributed by atoms with van der Waals surface area (Å²) in [6, 6.07) is 0. The maximum Gasteiger partial charge on any atom is 0.262 e. The normalized spacial score (nSPS) is 34.6. The zero-order valence-corrected chi connectivity index (χ0v) is 5.81. The molecule has 1 aliphatic carbocycles. The van der Waals surface area contributed by atoms with E-state index in [-0.39, 0.29) is 0 Å². The molecule has 1 fully saturated rings. The van der Waals surface area contributed by atoms with Crippen LogP contribution in [0.1, 0.15) is 13.8 Å². The highest BCUT2D eigenvalue weighted by atomic mass is 19.3. The average Bonchev–Trinajstić information content (AvgIpc) is 2.13. The molecule has 0 aromatic heterocycles. The summed E-state index contributed by atoms with van der Waals surface area (Å²) in [7, 11) is 0. The molecule has 10 heavy (non-hydrogen) atoms. The minimum atomic E-state index is -2.70. The van der Waals surface area contributed by atoms with E-state index in [0.29, 0.717) is 0 Å². The molecule has 0 aromatic carbocycles. The van der Waals surface area contributed by atoms with Gasteiger partial charge in [-0.25, -0.2) is 8.78 Å². The highest BCUT2D eigenvalue weighted by Crippen LogP contribution is 2.64. The number of hydrogen-bond acceptors (Lipinski definition) is 2. The molecule has 0 spiro atoms. The topological polar surface area (TPSA) is 32.6 Å². The molecular formula is C6H9F2NO. The third-order valence-electron chi connectivity index (χ3n) is 2.16. The van der Waals surface area contributed by atoms with Crippen LogP contribution in [0, 0.1) is 11.3 Å². The van der Waals surface area contributed by atoms with Gasteiger partial charge < -0.3 is 5.21 Å². The average molecular weight is 149 g/mol. The maximum absolute atomic E-state index is 12.6. The molecule has 0 amide bonds. The molecule has 0 aromatic rings. The predicted octanol–water partition coefficient (Wildman–Crippen LogP) is 1.74. The molecule has 0 radical (unpaired) electrons. The Morgan fingerprint density at radius 3 is 2.00 bits per heavy atom. The third-order valence-corrected chi connectivity index (χ3v) is 2.16. The second-order valence-electron chi connectivity index (χ2n) is 3.09. The summed E-state index contributed by atoms with van der Waals surface area (Å²) in [6.07, 6.45) is 0.889. The van der Waals surface area contributed by atoms with E-state index in [0.717, 1.165) is 6.21 Å². The lowest BCUT2D eigenvalue weighted by Gasteiger charge is -1.95. The van der Waals surface area contributed by atoms with Crippen LogP contribution in [0.5, 0.6) is 0 Å². The molecular weight excluding hydrogens is 140 g/mol. The van der Waals surface area contributed by atoms with Gasteiger partial charge in [-0.2, -0.15) is 0 Å². The molecule has 0 saturated heterocycles. The SMILES string of the molecule is CC1(C)C(/C=N/O)C1(F)F. The first-order chi connectivity index (χ1) is 4.44. The van der Waals surface area contributed by atoms with E-state index in [1.165, 1.54) is 13.8 Å². The van der Waals surface area contributed by atoms with Crippen LogP contribution in [0.15, 0.2) is 5.16 Å². The number of hydrogen-bond donors (Lipinski definition) is 1. The van der Waals surface area contributed by atoms with Gasteiger partial charge in [0.05, 0.1) is 12.1 Å². The molecule has 1 unspecified atom stereocenters. The number of nitrogens with zero attached hydrogens (tertiary/aromatic N) is 1. The van der Waals surface area contributed by atoms with Crippen molar-refractivity contribution >= 4 is 6.21 Å². The van der Waals surface area contributed by atoms with Crippen molar-refractivity contribution in [3.63, 3.8) is 0 Å². The minimum absolute atomic E-state index is 0.889. The first-order valence-electron chi connectivity index (χ1n) is 3.00. The lowest BCUT2D eigenvalue weighted by atomic mass is 10.1. The van der Waals surface area contributed by atoms with Crippen molar-refractivity contribution < 1.29 is 14.0 Å². The second kappa shape index (κ2) is 1.68. The summed E-state index contributed by atoms with van der Waals surface area (Å²) < 4.78 is 25.1. The predicted molar refractivity (Wildman–Crippen MR) is 32.5 cm³/mol. The summed E-state index contributed by atoms with van der Waals surface area (Å²) in [4.78, 5) is 0. The standard InChI is InChI=1S/C6H9F2NO/c1-5(2)4(3-9-10)6(5,7)8/h3-4,10H,1-2H3/b9-3+. The van der Waals surface area contributed by atoms with Gasteiger partial charge in [0.1, 0.15) is 0 Å². The summed E-state index contributed by atoms with van der Waals surface area (Å²) in [5.74, 6) is -3.59. The van der Waals surface area contributed by atoms with Crippen molar-refractivity contribution in [1.82, 2.24) is 0 Å². The Morgan fingerprint density at radius 2 is 1.90 bits per heavy atom. The van der Waals surface area contributed by atoms with Gasteiger partial charge in [0, 0.05) is 5.41 Å². The largest absolute Gasteiger partial charge is 0.411 e. The maximum atomic E-state index is 12.6.